The molecule has 1 unspecified atom stereocenters. The maximum atomic E-state index is 10.2. The lowest BCUT2D eigenvalue weighted by molar-refractivity contribution is 0.537. The van der Waals surface area contributed by atoms with Crippen molar-refractivity contribution >= 4 is 22.4 Å². The molecule has 0 amide bonds. The van der Waals surface area contributed by atoms with Gasteiger partial charge < -0.3 is 4.55 Å². The van der Waals surface area contributed by atoms with Crippen molar-refractivity contribution in [1.82, 2.24) is 0 Å². The first-order chi connectivity index (χ1) is 6.80. The molecule has 2 aromatic rings. The summed E-state index contributed by atoms with van der Waals surface area (Å²) in [6.45, 7) is 0. The smallest absolute Gasteiger partial charge is 0.0248 e. The highest BCUT2D eigenvalue weighted by Gasteiger charge is 1.84. The van der Waals surface area contributed by atoms with Gasteiger partial charge in [-0.3, -0.25) is 4.21 Å². The molecule has 0 fully saturated rings. The Labute approximate surface area is 89.5 Å². The quantitative estimate of drug-likeness (QED) is 0.700. The molecule has 0 N–H and O–H groups in total. The summed E-state index contributed by atoms with van der Waals surface area (Å²) in [5.41, 5.74) is 0. The summed E-state index contributed by atoms with van der Waals surface area (Å²) < 4.78 is 20.4. The third-order valence-electron chi connectivity index (χ3n) is 1.36. The third-order valence-corrected chi connectivity index (χ3v) is 2.65. The van der Waals surface area contributed by atoms with Crippen molar-refractivity contribution in [3.63, 3.8) is 0 Å². The zero-order chi connectivity index (χ0) is 10.2. The van der Waals surface area contributed by atoms with Gasteiger partial charge in [0.1, 0.15) is 0 Å². The molecule has 4 heteroatoms. The monoisotopic (exact) mass is 225 g/mol. The Morgan fingerprint density at radius 1 is 1.00 bits per heavy atom. The Bertz CT molecular complexity index is 340. The van der Waals surface area contributed by atoms with Crippen LogP contribution in [-0.2, 0) is 11.1 Å². The van der Waals surface area contributed by atoms with E-state index in [9.17, 15) is 8.76 Å². The molecule has 0 aliphatic carbocycles. The summed E-state index contributed by atoms with van der Waals surface area (Å²) in [4.78, 5) is 0.331. The normalized spacial score (nSPS) is 11.2. The Morgan fingerprint density at radius 3 is 1.86 bits per heavy atom. The van der Waals surface area contributed by atoms with Gasteiger partial charge in [0.2, 0.25) is 0 Å². The van der Waals surface area contributed by atoms with Crippen molar-refractivity contribution in [3.05, 3.63) is 53.2 Å². The van der Waals surface area contributed by atoms with Crippen LogP contribution in [0.4, 0.5) is 0 Å². The van der Waals surface area contributed by atoms with E-state index in [2.05, 4.69) is 0 Å². The van der Waals surface area contributed by atoms with E-state index in [1.165, 1.54) is 0 Å². The Kier molecular flexibility index (Phi) is 5.14. The van der Waals surface area contributed by atoms with Crippen LogP contribution >= 0.6 is 11.3 Å². The van der Waals surface area contributed by atoms with E-state index >= 15 is 0 Å². The Hall–Kier alpha value is -0.970. The van der Waals surface area contributed by atoms with E-state index in [4.69, 9.17) is 0 Å². The summed E-state index contributed by atoms with van der Waals surface area (Å²) in [5.74, 6) is 0. The van der Waals surface area contributed by atoms with Crippen LogP contribution in [0.25, 0.3) is 0 Å². The molecule has 14 heavy (non-hydrogen) atoms. The molecule has 2 rings (SSSR count). The van der Waals surface area contributed by atoms with Gasteiger partial charge in [-0.2, -0.15) is 11.3 Å². The van der Waals surface area contributed by atoms with E-state index in [-0.39, 0.29) is 0 Å². The van der Waals surface area contributed by atoms with E-state index in [1.54, 1.807) is 41.7 Å². The van der Waals surface area contributed by atoms with Gasteiger partial charge in [-0.15, -0.1) is 0 Å². The van der Waals surface area contributed by atoms with Crippen LogP contribution in [0.5, 0.6) is 0 Å². The second-order valence-electron chi connectivity index (χ2n) is 2.34. The molecule has 74 valence electrons. The van der Waals surface area contributed by atoms with Crippen LogP contribution in [0.2, 0.25) is 0 Å². The molecule has 0 saturated heterocycles. The van der Waals surface area contributed by atoms with Gasteiger partial charge in [0.25, 0.3) is 0 Å². The van der Waals surface area contributed by atoms with Gasteiger partial charge >= 0.3 is 0 Å². The summed E-state index contributed by atoms with van der Waals surface area (Å²) in [5, 5.41) is 4.08. The average Bonchev–Trinajstić information content (AvgIpc) is 2.77. The number of rotatable bonds is 1. The molecule has 0 aliphatic heterocycles. The predicted molar refractivity (Wildman–Crippen MR) is 57.9 cm³/mol. The van der Waals surface area contributed by atoms with Crippen LogP contribution in [0.15, 0.2) is 58.1 Å². The molecule has 0 saturated carbocycles. The van der Waals surface area contributed by atoms with Crippen molar-refractivity contribution in [1.29, 1.82) is 0 Å². The van der Waals surface area contributed by atoms with Crippen LogP contribution < -0.4 is 0 Å². The molecule has 1 heterocycles. The van der Waals surface area contributed by atoms with Crippen molar-refractivity contribution in [2.45, 2.75) is 4.90 Å². The highest BCUT2D eigenvalue weighted by atomic mass is 32.2. The topological polar surface area (TPSA) is 40.1 Å². The summed E-state index contributed by atoms with van der Waals surface area (Å²) in [6.07, 6.45) is 0. The van der Waals surface area contributed by atoms with Gasteiger partial charge in [-0.05, 0) is 34.0 Å². The fourth-order valence-electron chi connectivity index (χ4n) is 0.758. The lowest BCUT2D eigenvalue weighted by atomic mass is 10.4. The van der Waals surface area contributed by atoms with Crippen LogP contribution in [0, 0.1) is 0 Å². The SMILES string of the molecule is O=S([O-])c1ccccc1.c1ccsc1. The van der Waals surface area contributed by atoms with Crippen LogP contribution in [0.3, 0.4) is 0 Å². The number of hydrogen-bond donors (Lipinski definition) is 0. The second kappa shape index (κ2) is 6.48. The minimum Gasteiger partial charge on any atom is -0.768 e. The summed E-state index contributed by atoms with van der Waals surface area (Å²) in [7, 11) is 0. The molecule has 1 atom stereocenters. The molecular weight excluding hydrogens is 216 g/mol. The third kappa shape index (κ3) is 4.32. The zero-order valence-electron chi connectivity index (χ0n) is 7.33. The standard InChI is InChI=1S/C6H6O2S.C4H4S/c7-9(8)6-4-2-1-3-5-6;1-2-4-5-3-1/h1-5H,(H,7,8);1-4H/p-1. The average molecular weight is 225 g/mol. The lowest BCUT2D eigenvalue weighted by Gasteiger charge is -2.01. The van der Waals surface area contributed by atoms with E-state index < -0.39 is 11.1 Å². The lowest BCUT2D eigenvalue weighted by Crippen LogP contribution is -1.85. The maximum absolute atomic E-state index is 10.2. The van der Waals surface area contributed by atoms with Crippen molar-refractivity contribution < 1.29 is 8.76 Å². The minimum absolute atomic E-state index is 0.331. The maximum Gasteiger partial charge on any atom is 0.0248 e. The van der Waals surface area contributed by atoms with Gasteiger partial charge in [0.05, 0.1) is 0 Å². The van der Waals surface area contributed by atoms with E-state index in [0.717, 1.165) is 0 Å². The molecule has 0 aliphatic rings. The molecule has 2 nitrogen and oxygen atoms in total. The first-order valence-electron chi connectivity index (χ1n) is 3.92. The van der Waals surface area contributed by atoms with E-state index in [1.807, 2.05) is 22.9 Å². The molecule has 1 aromatic carbocycles. The van der Waals surface area contributed by atoms with Gasteiger partial charge in [-0.1, -0.05) is 30.3 Å². The Morgan fingerprint density at radius 2 is 1.57 bits per heavy atom. The molecule has 1 aromatic heterocycles. The van der Waals surface area contributed by atoms with Crippen LogP contribution in [-0.4, -0.2) is 8.76 Å². The first-order valence-corrected chi connectivity index (χ1v) is 5.94. The largest absolute Gasteiger partial charge is 0.768 e. The fraction of sp³-hybridized carbons (Fsp3) is 0. The molecule has 0 radical (unpaired) electrons. The second-order valence-corrected chi connectivity index (χ2v) is 4.10. The fourth-order valence-corrected chi connectivity index (χ4v) is 1.59. The summed E-state index contributed by atoms with van der Waals surface area (Å²) in [6, 6.07) is 12.3. The van der Waals surface area contributed by atoms with E-state index in [0.29, 0.717) is 4.90 Å². The highest BCUT2D eigenvalue weighted by molar-refractivity contribution is 7.79. The van der Waals surface area contributed by atoms with Gasteiger partial charge in [-0.25, -0.2) is 0 Å². The zero-order valence-corrected chi connectivity index (χ0v) is 8.96. The molecule has 0 spiro atoms. The number of hydrogen-bond acceptors (Lipinski definition) is 3. The number of thiophene rings is 1. The van der Waals surface area contributed by atoms with Crippen LogP contribution in [0.1, 0.15) is 0 Å². The van der Waals surface area contributed by atoms with Gasteiger partial charge in [0, 0.05) is 4.90 Å². The summed E-state index contributed by atoms with van der Waals surface area (Å²) >= 11 is -0.366. The minimum atomic E-state index is -2.08. The first kappa shape index (κ1) is 11.1. The molecule has 0 bridgehead atoms. The van der Waals surface area contributed by atoms with Gasteiger partial charge in [0.15, 0.2) is 0 Å². The molecular formula is C10H9O2S2-. The number of benzene rings is 1. The van der Waals surface area contributed by atoms with Crippen molar-refractivity contribution in [3.8, 4) is 0 Å². The highest BCUT2D eigenvalue weighted by Crippen LogP contribution is 2.00. The predicted octanol–water partition coefficient (Wildman–Crippen LogP) is 2.67. The van der Waals surface area contributed by atoms with Crippen molar-refractivity contribution in [2.75, 3.05) is 0 Å². The van der Waals surface area contributed by atoms with Crippen molar-refractivity contribution in [2.24, 2.45) is 0 Å². The Balaban J connectivity index is 0.000000165.